The Morgan fingerprint density at radius 3 is 2.82 bits per heavy atom. The lowest BCUT2D eigenvalue weighted by Crippen LogP contribution is -2.15. The van der Waals surface area contributed by atoms with Crippen LogP contribution < -0.4 is 0 Å². The van der Waals surface area contributed by atoms with Gasteiger partial charge < -0.3 is 0 Å². The van der Waals surface area contributed by atoms with Gasteiger partial charge >= 0.3 is 0 Å². The zero-order valence-corrected chi connectivity index (χ0v) is 6.50. The first-order valence-corrected chi connectivity index (χ1v) is 3.26. The molecule has 0 spiro atoms. The summed E-state index contributed by atoms with van der Waals surface area (Å²) in [4.78, 5) is 7.60. The summed E-state index contributed by atoms with van der Waals surface area (Å²) in [6, 6.07) is 3.78. The van der Waals surface area contributed by atoms with Crippen LogP contribution in [0.25, 0.3) is 0 Å². The first-order valence-electron chi connectivity index (χ1n) is 3.26. The Hall–Kier alpha value is -1.43. The number of aromatic nitrogens is 2. The van der Waals surface area contributed by atoms with Gasteiger partial charge in [0.15, 0.2) is 0 Å². The molecule has 0 saturated heterocycles. The third-order valence-electron chi connectivity index (χ3n) is 1.45. The number of hydrogen-bond donors (Lipinski definition) is 0. The van der Waals surface area contributed by atoms with E-state index in [4.69, 9.17) is 5.26 Å². The highest BCUT2D eigenvalue weighted by atomic mass is 14.8. The van der Waals surface area contributed by atoms with Crippen LogP contribution in [0.15, 0.2) is 12.4 Å². The highest BCUT2D eigenvalue weighted by molar-refractivity contribution is 5.20. The van der Waals surface area contributed by atoms with Gasteiger partial charge in [0.2, 0.25) is 0 Å². The van der Waals surface area contributed by atoms with Crippen molar-refractivity contribution < 1.29 is 0 Å². The van der Waals surface area contributed by atoms with Gasteiger partial charge in [0.25, 0.3) is 0 Å². The molecular weight excluding hydrogens is 138 g/mol. The van der Waals surface area contributed by atoms with E-state index in [0.717, 1.165) is 0 Å². The van der Waals surface area contributed by atoms with E-state index in [9.17, 15) is 0 Å². The fourth-order valence-electron chi connectivity index (χ4n) is 0.659. The molecule has 3 heteroatoms. The normalized spacial score (nSPS) is 10.6. The molecule has 0 aliphatic rings. The van der Waals surface area contributed by atoms with Crippen molar-refractivity contribution >= 4 is 0 Å². The van der Waals surface area contributed by atoms with E-state index in [0.29, 0.717) is 5.69 Å². The molecular formula is C8H8N3. The predicted octanol–water partition coefficient (Wildman–Crippen LogP) is 1.08. The third-order valence-corrected chi connectivity index (χ3v) is 1.45. The Bertz CT molecular complexity index is 271. The molecule has 0 aliphatic heterocycles. The Kier molecular flexibility index (Phi) is 1.86. The number of rotatable bonds is 1. The van der Waals surface area contributed by atoms with Crippen LogP contribution in [0.5, 0.6) is 0 Å². The number of nitrogens with zero attached hydrogens (tertiary/aromatic N) is 3. The molecule has 0 unspecified atom stereocenters. The van der Waals surface area contributed by atoms with Crippen LogP contribution in [0.3, 0.4) is 0 Å². The summed E-state index contributed by atoms with van der Waals surface area (Å²) in [5, 5.41) is 8.72. The van der Waals surface area contributed by atoms with Crippen molar-refractivity contribution in [1.82, 2.24) is 9.97 Å². The smallest absolute Gasteiger partial charge is 0.116 e. The minimum absolute atomic E-state index is 0.542. The second kappa shape index (κ2) is 2.67. The molecule has 0 saturated carbocycles. The highest BCUT2D eigenvalue weighted by Crippen LogP contribution is 2.17. The zero-order valence-electron chi connectivity index (χ0n) is 6.50. The second-order valence-electron chi connectivity index (χ2n) is 2.77. The minimum Gasteiger partial charge on any atom is -0.240 e. The largest absolute Gasteiger partial charge is 0.240 e. The molecule has 11 heavy (non-hydrogen) atoms. The average Bonchev–Trinajstić information content (AvgIpc) is 2.06. The van der Waals surface area contributed by atoms with Crippen LogP contribution in [0.2, 0.25) is 0 Å². The first-order chi connectivity index (χ1) is 5.17. The standard InChI is InChI=1S/C8H8N3/c1-8(2,5-9)7-3-4-10-6-11-7/h3,6H,1-2H3. The Morgan fingerprint density at radius 1 is 1.64 bits per heavy atom. The van der Waals surface area contributed by atoms with E-state index < -0.39 is 5.41 Å². The van der Waals surface area contributed by atoms with Crippen molar-refractivity contribution in [3.05, 3.63) is 24.3 Å². The van der Waals surface area contributed by atoms with E-state index >= 15 is 0 Å². The molecule has 1 aromatic rings. The van der Waals surface area contributed by atoms with Crippen LogP contribution in [0.4, 0.5) is 0 Å². The maximum Gasteiger partial charge on any atom is 0.116 e. The van der Waals surface area contributed by atoms with Gasteiger partial charge in [0.05, 0.1) is 23.4 Å². The lowest BCUT2D eigenvalue weighted by Gasteiger charge is -2.12. The van der Waals surface area contributed by atoms with E-state index in [1.54, 1.807) is 6.07 Å². The fourth-order valence-corrected chi connectivity index (χ4v) is 0.659. The minimum atomic E-state index is -0.542. The summed E-state index contributed by atoms with van der Waals surface area (Å²) in [6.45, 7) is 3.62. The molecule has 1 radical (unpaired) electrons. The van der Waals surface area contributed by atoms with E-state index in [1.807, 2.05) is 13.8 Å². The highest BCUT2D eigenvalue weighted by Gasteiger charge is 2.20. The summed E-state index contributed by atoms with van der Waals surface area (Å²) in [7, 11) is 0. The Morgan fingerprint density at radius 2 is 2.36 bits per heavy atom. The lowest BCUT2D eigenvalue weighted by molar-refractivity contribution is 0.655. The number of hydrogen-bond acceptors (Lipinski definition) is 3. The predicted molar refractivity (Wildman–Crippen MR) is 39.5 cm³/mol. The van der Waals surface area contributed by atoms with Crippen LogP contribution in [0.1, 0.15) is 19.5 Å². The van der Waals surface area contributed by atoms with Gasteiger partial charge in [-0.05, 0) is 19.9 Å². The topological polar surface area (TPSA) is 49.6 Å². The van der Waals surface area contributed by atoms with Gasteiger partial charge in [-0.3, -0.25) is 0 Å². The molecule has 1 heterocycles. The van der Waals surface area contributed by atoms with Crippen molar-refractivity contribution in [3.8, 4) is 6.07 Å². The van der Waals surface area contributed by atoms with Gasteiger partial charge in [-0.1, -0.05) is 0 Å². The molecule has 1 rings (SSSR count). The first kappa shape index (κ1) is 7.67. The molecule has 0 bridgehead atoms. The number of nitriles is 1. The van der Waals surface area contributed by atoms with E-state index in [2.05, 4.69) is 22.2 Å². The molecule has 0 N–H and O–H groups in total. The summed E-state index contributed by atoms with van der Waals surface area (Å²) in [5.74, 6) is 0. The molecule has 0 aliphatic carbocycles. The SMILES string of the molecule is CC(C)(C#N)c1c[c]ncn1. The third kappa shape index (κ3) is 1.53. The van der Waals surface area contributed by atoms with Crippen molar-refractivity contribution in [2.75, 3.05) is 0 Å². The van der Waals surface area contributed by atoms with Crippen molar-refractivity contribution in [1.29, 1.82) is 5.26 Å². The summed E-state index contributed by atoms with van der Waals surface area (Å²) in [5.41, 5.74) is 0.161. The maximum atomic E-state index is 8.72. The van der Waals surface area contributed by atoms with Gasteiger partial charge in [-0.2, -0.15) is 5.26 Å². The van der Waals surface area contributed by atoms with E-state index in [1.165, 1.54) is 6.33 Å². The maximum absolute atomic E-state index is 8.72. The summed E-state index contributed by atoms with van der Waals surface area (Å²) in [6.07, 6.45) is 4.04. The summed E-state index contributed by atoms with van der Waals surface area (Å²) >= 11 is 0. The molecule has 0 fully saturated rings. The second-order valence-corrected chi connectivity index (χ2v) is 2.77. The van der Waals surface area contributed by atoms with Gasteiger partial charge in [-0.25, -0.2) is 9.97 Å². The summed E-state index contributed by atoms with van der Waals surface area (Å²) < 4.78 is 0. The molecule has 55 valence electrons. The molecule has 1 aromatic heterocycles. The van der Waals surface area contributed by atoms with Gasteiger partial charge in [0, 0.05) is 0 Å². The van der Waals surface area contributed by atoms with Crippen molar-refractivity contribution in [3.63, 3.8) is 0 Å². The molecule has 0 atom stereocenters. The Labute approximate surface area is 65.7 Å². The van der Waals surface area contributed by atoms with Crippen molar-refractivity contribution in [2.45, 2.75) is 19.3 Å². The van der Waals surface area contributed by atoms with Crippen LogP contribution in [-0.2, 0) is 5.41 Å². The molecule has 3 nitrogen and oxygen atoms in total. The van der Waals surface area contributed by atoms with Crippen molar-refractivity contribution in [2.24, 2.45) is 0 Å². The lowest BCUT2D eigenvalue weighted by atomic mass is 9.91. The molecule has 0 amide bonds. The van der Waals surface area contributed by atoms with Crippen LogP contribution in [-0.4, -0.2) is 9.97 Å². The quantitative estimate of drug-likeness (QED) is 0.595. The van der Waals surface area contributed by atoms with Gasteiger partial charge in [-0.15, -0.1) is 0 Å². The fraction of sp³-hybridized carbons (Fsp3) is 0.375. The molecule has 0 aromatic carbocycles. The zero-order chi connectivity index (χ0) is 8.32. The Balaban J connectivity index is 3.05. The van der Waals surface area contributed by atoms with Crippen LogP contribution in [0, 0.1) is 17.5 Å². The van der Waals surface area contributed by atoms with Crippen LogP contribution >= 0.6 is 0 Å². The van der Waals surface area contributed by atoms with E-state index in [-0.39, 0.29) is 0 Å². The van der Waals surface area contributed by atoms with Gasteiger partial charge in [0.1, 0.15) is 6.33 Å². The average molecular weight is 146 g/mol. The monoisotopic (exact) mass is 146 g/mol.